The van der Waals surface area contributed by atoms with E-state index in [0.29, 0.717) is 16.7 Å². The molecule has 0 aliphatic carbocycles. The summed E-state index contributed by atoms with van der Waals surface area (Å²) in [6, 6.07) is 10.9. The number of carbonyl (C=O) groups is 2. The SMILES string of the molecule is O=C1CN(C(=O)c2ccc(Br)nc2)Cc2ccccc2N1. The van der Waals surface area contributed by atoms with Crippen LogP contribution >= 0.6 is 15.9 Å². The molecule has 0 saturated heterocycles. The van der Waals surface area contributed by atoms with Crippen LogP contribution in [-0.4, -0.2) is 28.2 Å². The Morgan fingerprint density at radius 1 is 1.19 bits per heavy atom. The summed E-state index contributed by atoms with van der Waals surface area (Å²) in [5.41, 5.74) is 2.14. The molecule has 0 atom stereocenters. The van der Waals surface area contributed by atoms with Crippen molar-refractivity contribution in [2.24, 2.45) is 0 Å². The maximum Gasteiger partial charge on any atom is 0.256 e. The second-order valence-corrected chi connectivity index (χ2v) is 5.55. The van der Waals surface area contributed by atoms with Crippen molar-refractivity contribution in [3.05, 3.63) is 58.3 Å². The Morgan fingerprint density at radius 3 is 2.76 bits per heavy atom. The largest absolute Gasteiger partial charge is 0.325 e. The zero-order valence-electron chi connectivity index (χ0n) is 11.0. The molecule has 0 spiro atoms. The van der Waals surface area contributed by atoms with Gasteiger partial charge in [-0.15, -0.1) is 0 Å². The highest BCUT2D eigenvalue weighted by molar-refractivity contribution is 9.10. The molecule has 1 aromatic heterocycles. The number of nitrogens with one attached hydrogen (secondary N) is 1. The summed E-state index contributed by atoms with van der Waals surface area (Å²) in [6.07, 6.45) is 1.50. The molecule has 2 heterocycles. The van der Waals surface area contributed by atoms with Crippen LogP contribution in [0, 0.1) is 0 Å². The first-order chi connectivity index (χ1) is 10.1. The number of anilines is 1. The number of carbonyl (C=O) groups excluding carboxylic acids is 2. The molecule has 6 heteroatoms. The van der Waals surface area contributed by atoms with Crippen LogP contribution in [0.4, 0.5) is 5.69 Å². The van der Waals surface area contributed by atoms with Crippen LogP contribution in [0.5, 0.6) is 0 Å². The number of aromatic nitrogens is 1. The Morgan fingerprint density at radius 2 is 2.00 bits per heavy atom. The van der Waals surface area contributed by atoms with Crippen molar-refractivity contribution < 1.29 is 9.59 Å². The van der Waals surface area contributed by atoms with E-state index in [1.807, 2.05) is 24.3 Å². The number of nitrogens with zero attached hydrogens (tertiary/aromatic N) is 2. The van der Waals surface area contributed by atoms with E-state index in [0.717, 1.165) is 11.3 Å². The first kappa shape index (κ1) is 13.8. The predicted octanol–water partition coefficient (Wildman–Crippen LogP) is 2.44. The Labute approximate surface area is 130 Å². The minimum absolute atomic E-state index is 0.0313. The number of para-hydroxylation sites is 1. The molecular weight excluding hydrogens is 334 g/mol. The third-order valence-corrected chi connectivity index (χ3v) is 3.72. The zero-order chi connectivity index (χ0) is 14.8. The fraction of sp³-hybridized carbons (Fsp3) is 0.133. The van der Waals surface area contributed by atoms with Crippen molar-refractivity contribution in [1.29, 1.82) is 0 Å². The molecule has 0 fully saturated rings. The van der Waals surface area contributed by atoms with Crippen molar-refractivity contribution in [3.8, 4) is 0 Å². The van der Waals surface area contributed by atoms with Crippen LogP contribution in [0.15, 0.2) is 47.2 Å². The first-order valence-corrected chi connectivity index (χ1v) is 7.21. The van der Waals surface area contributed by atoms with Gasteiger partial charge >= 0.3 is 0 Å². The van der Waals surface area contributed by atoms with Crippen LogP contribution in [-0.2, 0) is 11.3 Å². The highest BCUT2D eigenvalue weighted by Crippen LogP contribution is 2.21. The molecule has 0 bridgehead atoms. The normalized spacial score (nSPS) is 14.1. The molecule has 3 rings (SSSR count). The second kappa shape index (κ2) is 5.65. The fourth-order valence-corrected chi connectivity index (χ4v) is 2.47. The van der Waals surface area contributed by atoms with Gasteiger partial charge in [0.15, 0.2) is 0 Å². The number of rotatable bonds is 1. The quantitative estimate of drug-likeness (QED) is 0.807. The van der Waals surface area contributed by atoms with Gasteiger partial charge in [0.2, 0.25) is 5.91 Å². The van der Waals surface area contributed by atoms with Crippen molar-refractivity contribution in [2.75, 3.05) is 11.9 Å². The summed E-state index contributed by atoms with van der Waals surface area (Å²) in [7, 11) is 0. The summed E-state index contributed by atoms with van der Waals surface area (Å²) >= 11 is 3.23. The van der Waals surface area contributed by atoms with Crippen molar-refractivity contribution in [2.45, 2.75) is 6.54 Å². The Balaban J connectivity index is 1.90. The van der Waals surface area contributed by atoms with Crippen LogP contribution in [0.25, 0.3) is 0 Å². The maximum atomic E-state index is 12.5. The Hall–Kier alpha value is -2.21. The van der Waals surface area contributed by atoms with Gasteiger partial charge in [-0.05, 0) is 39.7 Å². The average Bonchev–Trinajstić information content (AvgIpc) is 2.65. The van der Waals surface area contributed by atoms with E-state index >= 15 is 0 Å². The van der Waals surface area contributed by atoms with Gasteiger partial charge < -0.3 is 10.2 Å². The molecule has 106 valence electrons. The molecule has 1 aliphatic rings. The zero-order valence-corrected chi connectivity index (χ0v) is 12.6. The van der Waals surface area contributed by atoms with Crippen LogP contribution < -0.4 is 5.32 Å². The van der Waals surface area contributed by atoms with E-state index in [-0.39, 0.29) is 18.4 Å². The maximum absolute atomic E-state index is 12.5. The van der Waals surface area contributed by atoms with Gasteiger partial charge in [-0.3, -0.25) is 9.59 Å². The third-order valence-electron chi connectivity index (χ3n) is 3.25. The van der Waals surface area contributed by atoms with Crippen molar-refractivity contribution >= 4 is 33.4 Å². The Kier molecular flexibility index (Phi) is 3.70. The highest BCUT2D eigenvalue weighted by Gasteiger charge is 2.23. The lowest BCUT2D eigenvalue weighted by molar-refractivity contribution is -0.116. The summed E-state index contributed by atoms with van der Waals surface area (Å²) in [6.45, 7) is 0.424. The molecule has 1 aliphatic heterocycles. The number of hydrogen-bond acceptors (Lipinski definition) is 3. The average molecular weight is 346 g/mol. The number of hydrogen-bond donors (Lipinski definition) is 1. The summed E-state index contributed by atoms with van der Waals surface area (Å²) in [4.78, 5) is 30.0. The minimum atomic E-state index is -0.207. The molecular formula is C15H12BrN3O2. The topological polar surface area (TPSA) is 62.3 Å². The lowest BCUT2D eigenvalue weighted by atomic mass is 10.1. The van der Waals surface area contributed by atoms with E-state index in [1.54, 1.807) is 12.1 Å². The van der Waals surface area contributed by atoms with Crippen LogP contribution in [0.3, 0.4) is 0 Å². The van der Waals surface area contributed by atoms with E-state index in [4.69, 9.17) is 0 Å². The van der Waals surface area contributed by atoms with Gasteiger partial charge in [0.25, 0.3) is 5.91 Å². The number of benzene rings is 1. The van der Waals surface area contributed by atoms with Gasteiger partial charge in [-0.2, -0.15) is 0 Å². The number of pyridine rings is 1. The molecule has 0 radical (unpaired) electrons. The first-order valence-electron chi connectivity index (χ1n) is 6.42. The molecule has 0 saturated carbocycles. The number of fused-ring (bicyclic) bond motifs is 1. The van der Waals surface area contributed by atoms with E-state index in [1.165, 1.54) is 11.1 Å². The minimum Gasteiger partial charge on any atom is -0.325 e. The van der Waals surface area contributed by atoms with E-state index in [9.17, 15) is 9.59 Å². The van der Waals surface area contributed by atoms with Crippen LogP contribution in [0.1, 0.15) is 15.9 Å². The Bertz CT molecular complexity index is 700. The number of amides is 2. The second-order valence-electron chi connectivity index (χ2n) is 4.74. The molecule has 1 aromatic carbocycles. The van der Waals surface area contributed by atoms with Crippen LogP contribution in [0.2, 0.25) is 0 Å². The van der Waals surface area contributed by atoms with Gasteiger partial charge in [0, 0.05) is 18.4 Å². The summed E-state index contributed by atoms with van der Waals surface area (Å²) < 4.78 is 0.665. The molecule has 2 aromatic rings. The standard InChI is InChI=1S/C15H12BrN3O2/c16-13-6-5-10(7-17-13)15(21)19-8-11-3-1-2-4-12(11)18-14(20)9-19/h1-7H,8-9H2,(H,18,20). The molecule has 21 heavy (non-hydrogen) atoms. The molecule has 5 nitrogen and oxygen atoms in total. The van der Waals surface area contributed by atoms with E-state index < -0.39 is 0 Å². The molecule has 0 unspecified atom stereocenters. The molecule has 2 amide bonds. The summed E-state index contributed by atoms with van der Waals surface area (Å²) in [5.74, 6) is -0.403. The van der Waals surface area contributed by atoms with Gasteiger partial charge in [-0.25, -0.2) is 4.98 Å². The summed E-state index contributed by atoms with van der Waals surface area (Å²) in [5, 5.41) is 2.81. The number of halogens is 1. The smallest absolute Gasteiger partial charge is 0.256 e. The van der Waals surface area contributed by atoms with Gasteiger partial charge in [0.05, 0.1) is 5.56 Å². The fourth-order valence-electron chi connectivity index (χ4n) is 2.23. The van der Waals surface area contributed by atoms with Gasteiger partial charge in [0.1, 0.15) is 11.1 Å². The van der Waals surface area contributed by atoms with Crippen molar-refractivity contribution in [3.63, 3.8) is 0 Å². The lowest BCUT2D eigenvalue weighted by Gasteiger charge is -2.19. The predicted molar refractivity (Wildman–Crippen MR) is 81.7 cm³/mol. The van der Waals surface area contributed by atoms with Crippen molar-refractivity contribution in [1.82, 2.24) is 9.88 Å². The monoisotopic (exact) mass is 345 g/mol. The lowest BCUT2D eigenvalue weighted by Crippen LogP contribution is -2.35. The third kappa shape index (κ3) is 2.95. The van der Waals surface area contributed by atoms with E-state index in [2.05, 4.69) is 26.2 Å². The van der Waals surface area contributed by atoms with Gasteiger partial charge in [-0.1, -0.05) is 18.2 Å². The molecule has 1 N–H and O–H groups in total. The highest BCUT2D eigenvalue weighted by atomic mass is 79.9.